The lowest BCUT2D eigenvalue weighted by molar-refractivity contribution is 0.378. The van der Waals surface area contributed by atoms with Crippen LogP contribution in [0, 0.1) is 0 Å². The van der Waals surface area contributed by atoms with Gasteiger partial charge in [-0.15, -0.1) is 0 Å². The van der Waals surface area contributed by atoms with Gasteiger partial charge in [-0.3, -0.25) is 0 Å². The number of nitrogens with zero attached hydrogens (tertiary/aromatic N) is 1. The highest BCUT2D eigenvalue weighted by molar-refractivity contribution is 7.89. The summed E-state index contributed by atoms with van der Waals surface area (Å²) in [5, 5.41) is 3.26. The Labute approximate surface area is 124 Å². The van der Waals surface area contributed by atoms with Crippen molar-refractivity contribution in [1.82, 2.24) is 9.62 Å². The van der Waals surface area contributed by atoms with Crippen molar-refractivity contribution in [2.24, 2.45) is 0 Å². The molecule has 112 valence electrons. The number of nitrogens with one attached hydrogen (secondary N) is 1. The van der Waals surface area contributed by atoms with Crippen LogP contribution in [0.5, 0.6) is 5.75 Å². The van der Waals surface area contributed by atoms with Gasteiger partial charge in [-0.25, -0.2) is 8.42 Å². The summed E-state index contributed by atoms with van der Waals surface area (Å²) in [6.07, 6.45) is 1.73. The summed E-state index contributed by atoms with van der Waals surface area (Å²) in [5.74, 6) is 0.484. The van der Waals surface area contributed by atoms with E-state index < -0.39 is 10.0 Å². The summed E-state index contributed by atoms with van der Waals surface area (Å²) >= 11 is 6.06. The van der Waals surface area contributed by atoms with Gasteiger partial charge in [-0.2, -0.15) is 4.31 Å². The van der Waals surface area contributed by atoms with Crippen molar-refractivity contribution >= 4 is 21.6 Å². The van der Waals surface area contributed by atoms with E-state index >= 15 is 0 Å². The van der Waals surface area contributed by atoms with Crippen LogP contribution in [-0.4, -0.2) is 46.0 Å². The van der Waals surface area contributed by atoms with Gasteiger partial charge in [0.05, 0.1) is 12.1 Å². The molecular formula is C13H19ClN2O3S. The minimum atomic E-state index is -3.59. The van der Waals surface area contributed by atoms with Crippen molar-refractivity contribution in [3.8, 4) is 5.75 Å². The van der Waals surface area contributed by atoms with Gasteiger partial charge >= 0.3 is 0 Å². The lowest BCUT2D eigenvalue weighted by Crippen LogP contribution is -2.40. The first-order valence-electron chi connectivity index (χ1n) is 6.50. The second kappa shape index (κ2) is 6.30. The van der Waals surface area contributed by atoms with Crippen LogP contribution < -0.4 is 10.1 Å². The van der Waals surface area contributed by atoms with Crippen LogP contribution >= 0.6 is 11.6 Å². The molecule has 20 heavy (non-hydrogen) atoms. The average Bonchev–Trinajstić information content (AvgIpc) is 2.88. The average molecular weight is 319 g/mol. The molecular weight excluding hydrogens is 300 g/mol. The number of hydrogen-bond donors (Lipinski definition) is 1. The minimum Gasteiger partial charge on any atom is -0.497 e. The quantitative estimate of drug-likeness (QED) is 0.898. The van der Waals surface area contributed by atoms with Gasteiger partial charge in [0.25, 0.3) is 0 Å². The van der Waals surface area contributed by atoms with Crippen molar-refractivity contribution in [1.29, 1.82) is 0 Å². The van der Waals surface area contributed by atoms with Crippen molar-refractivity contribution in [2.75, 3.05) is 27.2 Å². The molecule has 1 unspecified atom stereocenters. The third-order valence-electron chi connectivity index (χ3n) is 3.49. The molecule has 1 N–H and O–H groups in total. The molecule has 0 bridgehead atoms. The third kappa shape index (κ3) is 2.93. The minimum absolute atomic E-state index is 0.0210. The Kier molecular flexibility index (Phi) is 4.90. The summed E-state index contributed by atoms with van der Waals surface area (Å²) in [7, 11) is -0.272. The van der Waals surface area contributed by atoms with E-state index in [0.717, 1.165) is 12.8 Å². The molecule has 1 atom stereocenters. The molecule has 0 aromatic heterocycles. The van der Waals surface area contributed by atoms with Crippen LogP contribution in [0.15, 0.2) is 23.1 Å². The van der Waals surface area contributed by atoms with Crippen LogP contribution in [0.25, 0.3) is 0 Å². The topological polar surface area (TPSA) is 58.6 Å². The summed E-state index contributed by atoms with van der Waals surface area (Å²) in [6, 6.07) is 4.66. The Balaban J connectivity index is 2.39. The van der Waals surface area contributed by atoms with E-state index in [2.05, 4.69) is 5.32 Å². The van der Waals surface area contributed by atoms with Crippen LogP contribution in [0.1, 0.15) is 12.8 Å². The smallest absolute Gasteiger partial charge is 0.244 e. The van der Waals surface area contributed by atoms with Gasteiger partial charge in [0.2, 0.25) is 10.0 Å². The second-order valence-electron chi connectivity index (χ2n) is 4.77. The van der Waals surface area contributed by atoms with E-state index in [1.165, 1.54) is 17.5 Å². The summed E-state index contributed by atoms with van der Waals surface area (Å²) < 4.78 is 32.2. The maximum atomic E-state index is 12.8. The van der Waals surface area contributed by atoms with Crippen molar-refractivity contribution in [3.63, 3.8) is 0 Å². The number of methoxy groups -OCH3 is 1. The van der Waals surface area contributed by atoms with E-state index in [0.29, 0.717) is 18.8 Å². The molecule has 2 rings (SSSR count). The predicted octanol–water partition coefficient (Wildman–Crippen LogP) is 1.72. The number of sulfonamides is 1. The molecule has 0 aliphatic carbocycles. The van der Waals surface area contributed by atoms with E-state index in [9.17, 15) is 8.42 Å². The van der Waals surface area contributed by atoms with Crippen LogP contribution in [0.4, 0.5) is 0 Å². The fraction of sp³-hybridized carbons (Fsp3) is 0.538. The standard InChI is InChI=1S/C13H19ClN2O3S/c1-15-9-10-4-3-7-16(10)20(17,18)13-8-11(19-2)5-6-12(13)14/h5-6,8,10,15H,3-4,7,9H2,1-2H3. The number of halogens is 1. The first-order valence-corrected chi connectivity index (χ1v) is 8.32. The number of likely N-dealkylation sites (N-methyl/N-ethyl adjacent to an activating group) is 1. The van der Waals surface area contributed by atoms with E-state index in [4.69, 9.17) is 16.3 Å². The van der Waals surface area contributed by atoms with Gasteiger partial charge in [-0.05, 0) is 32.0 Å². The SMILES string of the molecule is CNCC1CCCN1S(=O)(=O)c1cc(OC)ccc1Cl. The molecule has 0 spiro atoms. The largest absolute Gasteiger partial charge is 0.497 e. The normalized spacial score (nSPS) is 20.2. The zero-order valence-corrected chi connectivity index (χ0v) is 13.2. The second-order valence-corrected chi connectivity index (χ2v) is 7.03. The van der Waals surface area contributed by atoms with E-state index in [1.807, 2.05) is 7.05 Å². The molecule has 5 nitrogen and oxygen atoms in total. The molecule has 1 fully saturated rings. The third-order valence-corrected chi connectivity index (χ3v) is 5.92. The Morgan fingerprint density at radius 2 is 2.25 bits per heavy atom. The monoisotopic (exact) mass is 318 g/mol. The molecule has 0 amide bonds. The highest BCUT2D eigenvalue weighted by Gasteiger charge is 2.36. The fourth-order valence-corrected chi connectivity index (χ4v) is 4.68. The number of ether oxygens (including phenoxy) is 1. The molecule has 1 aromatic carbocycles. The lowest BCUT2D eigenvalue weighted by atomic mass is 10.2. The highest BCUT2D eigenvalue weighted by Crippen LogP contribution is 2.32. The molecule has 1 aromatic rings. The van der Waals surface area contributed by atoms with Crippen molar-refractivity contribution in [3.05, 3.63) is 23.2 Å². The molecule has 0 saturated carbocycles. The lowest BCUT2D eigenvalue weighted by Gasteiger charge is -2.24. The molecule has 1 saturated heterocycles. The maximum absolute atomic E-state index is 12.8. The number of hydrogen-bond acceptors (Lipinski definition) is 4. The first-order chi connectivity index (χ1) is 9.50. The van der Waals surface area contributed by atoms with E-state index in [1.54, 1.807) is 12.1 Å². The van der Waals surface area contributed by atoms with Gasteiger partial charge < -0.3 is 10.1 Å². The Morgan fingerprint density at radius 3 is 2.90 bits per heavy atom. The van der Waals surface area contributed by atoms with Crippen LogP contribution in [0.2, 0.25) is 5.02 Å². The fourth-order valence-electron chi connectivity index (χ4n) is 2.50. The summed E-state index contributed by atoms with van der Waals surface area (Å²) in [4.78, 5) is 0.113. The Morgan fingerprint density at radius 1 is 1.50 bits per heavy atom. The van der Waals surface area contributed by atoms with Crippen molar-refractivity contribution < 1.29 is 13.2 Å². The number of benzene rings is 1. The Bertz CT molecular complexity index is 577. The van der Waals surface area contributed by atoms with Crippen LogP contribution in [-0.2, 0) is 10.0 Å². The number of rotatable bonds is 5. The summed E-state index contributed by atoms with van der Waals surface area (Å²) in [6.45, 7) is 1.17. The Hall–Kier alpha value is -0.820. The maximum Gasteiger partial charge on any atom is 0.244 e. The molecule has 1 heterocycles. The molecule has 1 aliphatic rings. The highest BCUT2D eigenvalue weighted by atomic mass is 35.5. The van der Waals surface area contributed by atoms with Gasteiger partial charge in [0.1, 0.15) is 10.6 Å². The van der Waals surface area contributed by atoms with Gasteiger partial charge in [0, 0.05) is 25.2 Å². The van der Waals surface area contributed by atoms with Crippen LogP contribution in [0.3, 0.4) is 0 Å². The molecule has 1 aliphatic heterocycles. The predicted molar refractivity (Wildman–Crippen MR) is 78.8 cm³/mol. The van der Waals surface area contributed by atoms with Crippen molar-refractivity contribution in [2.45, 2.75) is 23.8 Å². The zero-order chi connectivity index (χ0) is 14.8. The zero-order valence-electron chi connectivity index (χ0n) is 11.6. The summed E-state index contributed by atoms with van der Waals surface area (Å²) in [5.41, 5.74) is 0. The van der Waals surface area contributed by atoms with E-state index in [-0.39, 0.29) is 16.0 Å². The molecule has 0 radical (unpaired) electrons. The van der Waals surface area contributed by atoms with Gasteiger partial charge in [-0.1, -0.05) is 11.6 Å². The molecule has 7 heteroatoms. The van der Waals surface area contributed by atoms with Gasteiger partial charge in [0.15, 0.2) is 0 Å². The first kappa shape index (κ1) is 15.6.